The Labute approximate surface area is 149 Å². The third-order valence-corrected chi connectivity index (χ3v) is 4.46. The average Bonchev–Trinajstić information content (AvgIpc) is 3.11. The van der Waals surface area contributed by atoms with Gasteiger partial charge < -0.3 is 10.5 Å². The molecule has 1 saturated carbocycles. The number of carbonyl (C=O) groups is 1. The number of aromatic amines is 1. The normalized spacial score (nSPS) is 21.0. The number of esters is 1. The lowest BCUT2D eigenvalue weighted by molar-refractivity contribution is -0.149. The van der Waals surface area contributed by atoms with Gasteiger partial charge in [-0.1, -0.05) is 13.8 Å². The fourth-order valence-electron chi connectivity index (χ4n) is 2.58. The van der Waals surface area contributed by atoms with Crippen molar-refractivity contribution in [2.45, 2.75) is 20.3 Å². The van der Waals surface area contributed by atoms with Gasteiger partial charge in [-0.05, 0) is 16.6 Å². The average molecular weight is 380 g/mol. The van der Waals surface area contributed by atoms with Crippen LogP contribution < -0.4 is 11.3 Å². The second kappa shape index (κ2) is 6.97. The van der Waals surface area contributed by atoms with Crippen LogP contribution in [0.1, 0.15) is 20.3 Å². The van der Waals surface area contributed by atoms with Gasteiger partial charge in [0, 0.05) is 6.20 Å². The Bertz CT molecular complexity index is 950. The first-order chi connectivity index (χ1) is 12.4. The SMILES string of the molecule is CC(C)C(=O)OCC1(CO[PH+]=O)C/C1=C/n1cnc2c(=O)[nH]c(N)nc21. The third kappa shape index (κ3) is 3.51. The second-order valence-electron chi connectivity index (χ2n) is 6.52. The molecule has 0 aromatic carbocycles. The van der Waals surface area contributed by atoms with E-state index in [4.69, 9.17) is 15.0 Å². The minimum absolute atomic E-state index is 0.00791. The Morgan fingerprint density at radius 1 is 1.54 bits per heavy atom. The first-order valence-corrected chi connectivity index (χ1v) is 8.77. The highest BCUT2D eigenvalue weighted by Crippen LogP contribution is 2.53. The maximum Gasteiger partial charge on any atom is 0.494 e. The van der Waals surface area contributed by atoms with Crippen molar-refractivity contribution in [3.63, 3.8) is 0 Å². The van der Waals surface area contributed by atoms with Crippen LogP contribution in [-0.4, -0.2) is 38.7 Å². The molecule has 10 nitrogen and oxygen atoms in total. The van der Waals surface area contributed by atoms with E-state index in [0.29, 0.717) is 12.1 Å². The number of carbonyl (C=O) groups excluding carboxylic acids is 1. The monoisotopic (exact) mass is 380 g/mol. The molecule has 0 radical (unpaired) electrons. The van der Waals surface area contributed by atoms with Gasteiger partial charge in [0.2, 0.25) is 5.95 Å². The van der Waals surface area contributed by atoms with Crippen molar-refractivity contribution < 1.29 is 18.6 Å². The van der Waals surface area contributed by atoms with Gasteiger partial charge in [0.25, 0.3) is 5.56 Å². The number of nitrogens with two attached hydrogens (primary N) is 1. The molecule has 26 heavy (non-hydrogen) atoms. The topological polar surface area (TPSA) is 142 Å². The van der Waals surface area contributed by atoms with E-state index in [0.717, 1.165) is 5.57 Å². The van der Waals surface area contributed by atoms with Gasteiger partial charge >= 0.3 is 14.7 Å². The number of nitrogens with one attached hydrogen (secondary N) is 1. The van der Waals surface area contributed by atoms with Crippen LogP contribution in [0.15, 0.2) is 16.7 Å². The molecule has 2 unspecified atom stereocenters. The van der Waals surface area contributed by atoms with Crippen molar-refractivity contribution in [3.05, 3.63) is 22.3 Å². The molecule has 0 saturated heterocycles. The fourth-order valence-corrected chi connectivity index (χ4v) is 2.92. The predicted octanol–water partition coefficient (Wildman–Crippen LogP) is 1.09. The summed E-state index contributed by atoms with van der Waals surface area (Å²) in [6, 6.07) is 0. The maximum absolute atomic E-state index is 11.8. The summed E-state index contributed by atoms with van der Waals surface area (Å²) in [5.74, 6) is -0.558. The zero-order valence-electron chi connectivity index (χ0n) is 14.3. The molecule has 3 N–H and O–H groups in total. The van der Waals surface area contributed by atoms with Crippen molar-refractivity contribution >= 4 is 38.0 Å². The lowest BCUT2D eigenvalue weighted by atomic mass is 10.1. The highest BCUT2D eigenvalue weighted by Gasteiger charge is 2.52. The van der Waals surface area contributed by atoms with Crippen molar-refractivity contribution in [3.8, 4) is 0 Å². The van der Waals surface area contributed by atoms with Gasteiger partial charge in [0.05, 0.1) is 11.3 Å². The molecule has 3 rings (SSSR count). The maximum atomic E-state index is 11.8. The van der Waals surface area contributed by atoms with Crippen molar-refractivity contribution in [2.75, 3.05) is 18.9 Å². The van der Waals surface area contributed by atoms with E-state index in [1.54, 1.807) is 24.6 Å². The number of nitrogens with zero attached hydrogens (tertiary/aromatic N) is 3. The molecule has 2 heterocycles. The summed E-state index contributed by atoms with van der Waals surface area (Å²) in [5.41, 5.74) is 6.03. The largest absolute Gasteiger partial charge is 0.494 e. The molecule has 2 aromatic heterocycles. The summed E-state index contributed by atoms with van der Waals surface area (Å²) < 4.78 is 22.7. The third-order valence-electron chi connectivity index (χ3n) is 4.20. The number of fused-ring (bicyclic) bond motifs is 1. The molecular weight excluding hydrogens is 361 g/mol. The quantitative estimate of drug-likeness (QED) is 0.537. The van der Waals surface area contributed by atoms with Gasteiger partial charge in [-0.25, -0.2) is 4.98 Å². The highest BCUT2D eigenvalue weighted by atomic mass is 31.1. The molecule has 1 fully saturated rings. The Hall–Kier alpha value is -2.58. The van der Waals surface area contributed by atoms with Crippen LogP contribution in [0.2, 0.25) is 0 Å². The first-order valence-electron chi connectivity index (χ1n) is 7.95. The number of nitrogen functional groups attached to an aromatic ring is 1. The van der Waals surface area contributed by atoms with Crippen LogP contribution in [-0.2, 0) is 18.6 Å². The van der Waals surface area contributed by atoms with E-state index < -0.39 is 19.7 Å². The molecule has 138 valence electrons. The summed E-state index contributed by atoms with van der Waals surface area (Å²) in [7, 11) is -0.901. The van der Waals surface area contributed by atoms with E-state index in [2.05, 4.69) is 15.0 Å². The molecule has 0 aliphatic heterocycles. The number of anilines is 1. The number of aromatic nitrogens is 4. The number of imidazole rings is 1. The zero-order valence-corrected chi connectivity index (χ0v) is 15.3. The van der Waals surface area contributed by atoms with Crippen LogP contribution in [0, 0.1) is 11.3 Å². The zero-order chi connectivity index (χ0) is 18.9. The standard InChI is InChI=1S/C15H18N5O5P/c1-8(2)13(22)24-5-15(6-25-26-23)3-9(15)4-20-7-17-10-11(20)18-14(16)19-12(10)21/h4,7-8,26H,3,5-6H2,1-2H3,(H2-,16,18,19,21)/p+1/b9-4-. The van der Waals surface area contributed by atoms with Crippen molar-refractivity contribution in [2.24, 2.45) is 11.3 Å². The number of rotatable bonds is 7. The van der Waals surface area contributed by atoms with Gasteiger partial charge in [0.1, 0.15) is 19.5 Å². The van der Waals surface area contributed by atoms with Crippen LogP contribution >= 0.6 is 8.69 Å². The fraction of sp³-hybridized carbons (Fsp3) is 0.467. The van der Waals surface area contributed by atoms with E-state index in [1.165, 1.54) is 6.33 Å². The molecule has 0 bridgehead atoms. The molecule has 1 aliphatic carbocycles. The van der Waals surface area contributed by atoms with E-state index in [-0.39, 0.29) is 36.6 Å². The molecular formula is C15H19N5O5P+. The minimum atomic E-state index is -0.901. The predicted molar refractivity (Wildman–Crippen MR) is 94.6 cm³/mol. The van der Waals surface area contributed by atoms with Crippen LogP contribution in [0.5, 0.6) is 0 Å². The molecule has 2 atom stereocenters. The van der Waals surface area contributed by atoms with Crippen molar-refractivity contribution in [1.82, 2.24) is 19.5 Å². The minimum Gasteiger partial charge on any atom is -0.464 e. The van der Waals surface area contributed by atoms with E-state index >= 15 is 0 Å². The summed E-state index contributed by atoms with van der Waals surface area (Å²) in [6.07, 6.45) is 3.81. The van der Waals surface area contributed by atoms with Crippen LogP contribution in [0.4, 0.5) is 5.95 Å². The molecule has 1 aliphatic rings. The van der Waals surface area contributed by atoms with Crippen LogP contribution in [0.3, 0.4) is 0 Å². The van der Waals surface area contributed by atoms with Gasteiger partial charge in [0.15, 0.2) is 11.2 Å². The van der Waals surface area contributed by atoms with E-state index in [9.17, 15) is 14.2 Å². The summed E-state index contributed by atoms with van der Waals surface area (Å²) in [6.45, 7) is 3.79. The Morgan fingerprint density at radius 3 is 3.00 bits per heavy atom. The summed E-state index contributed by atoms with van der Waals surface area (Å²) in [5, 5.41) is 0. The Balaban J connectivity index is 1.87. The first kappa shape index (κ1) is 18.2. The number of hydrogen-bond donors (Lipinski definition) is 2. The van der Waals surface area contributed by atoms with Gasteiger partial charge in [-0.2, -0.15) is 4.98 Å². The van der Waals surface area contributed by atoms with E-state index in [1.807, 2.05) is 0 Å². The molecule has 0 amide bonds. The van der Waals surface area contributed by atoms with Gasteiger partial charge in [-0.3, -0.25) is 19.1 Å². The second-order valence-corrected chi connectivity index (χ2v) is 6.98. The number of hydrogen-bond acceptors (Lipinski definition) is 8. The molecule has 2 aromatic rings. The number of ether oxygens (including phenoxy) is 1. The summed E-state index contributed by atoms with van der Waals surface area (Å²) in [4.78, 5) is 34.1. The summed E-state index contributed by atoms with van der Waals surface area (Å²) >= 11 is 0. The molecule has 0 spiro atoms. The number of H-pyrrole nitrogens is 1. The van der Waals surface area contributed by atoms with Crippen LogP contribution in [0.25, 0.3) is 17.4 Å². The van der Waals surface area contributed by atoms with Crippen molar-refractivity contribution in [1.29, 1.82) is 0 Å². The molecule has 11 heteroatoms. The van der Waals surface area contributed by atoms with Gasteiger partial charge in [-0.15, -0.1) is 4.52 Å². The Morgan fingerprint density at radius 2 is 2.31 bits per heavy atom. The lowest BCUT2D eigenvalue weighted by Crippen LogP contribution is -2.21. The lowest BCUT2D eigenvalue weighted by Gasteiger charge is -2.13. The Kier molecular flexibility index (Phi) is 4.88. The highest BCUT2D eigenvalue weighted by molar-refractivity contribution is 7.17. The smallest absolute Gasteiger partial charge is 0.464 e.